The van der Waals surface area contributed by atoms with Crippen LogP contribution in [0.2, 0.25) is 0 Å². The Kier molecular flexibility index (Phi) is 4.37. The van der Waals surface area contributed by atoms with Crippen LogP contribution in [-0.4, -0.2) is 33.8 Å². The van der Waals surface area contributed by atoms with Crippen molar-refractivity contribution in [1.29, 1.82) is 0 Å². The fraction of sp³-hybridized carbons (Fsp3) is 0.538. The highest BCUT2D eigenvalue weighted by Crippen LogP contribution is 2.22. The number of benzene rings is 1. The number of rotatable bonds is 5. The summed E-state index contributed by atoms with van der Waals surface area (Å²) in [5.74, 6) is 0.244. The first-order valence-electron chi connectivity index (χ1n) is 5.84. The lowest BCUT2D eigenvalue weighted by Gasteiger charge is -2.28. The summed E-state index contributed by atoms with van der Waals surface area (Å²) in [5.41, 5.74) is 6.37. The van der Waals surface area contributed by atoms with Gasteiger partial charge in [-0.3, -0.25) is 4.90 Å². The second-order valence-corrected chi connectivity index (χ2v) is 5.00. The van der Waals surface area contributed by atoms with E-state index < -0.39 is 5.60 Å². The largest absolute Gasteiger partial charge is 0.508 e. The summed E-state index contributed by atoms with van der Waals surface area (Å²) in [6, 6.07) is 5.04. The Hall–Kier alpha value is -1.26. The Balaban J connectivity index is 2.77. The number of nitrogens with two attached hydrogens (primary N) is 1. The summed E-state index contributed by atoms with van der Waals surface area (Å²) in [7, 11) is 0. The van der Waals surface area contributed by atoms with Gasteiger partial charge in [0.15, 0.2) is 0 Å². The highest BCUT2D eigenvalue weighted by atomic mass is 16.3. The van der Waals surface area contributed by atoms with Gasteiger partial charge in [-0.1, -0.05) is 6.92 Å². The minimum Gasteiger partial charge on any atom is -0.508 e. The van der Waals surface area contributed by atoms with Crippen molar-refractivity contribution in [3.63, 3.8) is 0 Å². The highest BCUT2D eigenvalue weighted by Gasteiger charge is 2.18. The van der Waals surface area contributed by atoms with Crippen LogP contribution in [0.5, 0.6) is 5.75 Å². The Labute approximate surface area is 103 Å². The number of hydrogen-bond donors (Lipinski definition) is 3. The van der Waals surface area contributed by atoms with Gasteiger partial charge in [0, 0.05) is 24.3 Å². The Bertz CT molecular complexity index is 372. The molecule has 0 aliphatic carbocycles. The minimum atomic E-state index is -0.744. The molecule has 0 radical (unpaired) electrons. The van der Waals surface area contributed by atoms with Crippen molar-refractivity contribution < 1.29 is 10.2 Å². The van der Waals surface area contributed by atoms with Crippen LogP contribution in [0.4, 0.5) is 5.69 Å². The lowest BCUT2D eigenvalue weighted by molar-refractivity contribution is 0.0351. The first kappa shape index (κ1) is 13.8. The molecule has 0 heterocycles. The average Bonchev–Trinajstić information content (AvgIpc) is 2.20. The summed E-state index contributed by atoms with van der Waals surface area (Å²) in [6.45, 7) is 7.51. The van der Waals surface area contributed by atoms with Crippen molar-refractivity contribution in [2.45, 2.75) is 32.9 Å². The molecule has 17 heavy (non-hydrogen) atoms. The zero-order valence-electron chi connectivity index (χ0n) is 10.8. The third-order valence-corrected chi connectivity index (χ3v) is 2.56. The average molecular weight is 238 g/mol. The van der Waals surface area contributed by atoms with E-state index in [1.807, 2.05) is 6.92 Å². The second kappa shape index (κ2) is 5.38. The molecule has 96 valence electrons. The lowest BCUT2D eigenvalue weighted by atomic mass is 10.1. The molecule has 4 N–H and O–H groups in total. The zero-order valence-corrected chi connectivity index (χ0v) is 10.8. The van der Waals surface area contributed by atoms with Gasteiger partial charge < -0.3 is 15.9 Å². The van der Waals surface area contributed by atoms with E-state index in [4.69, 9.17) is 5.73 Å². The fourth-order valence-electron chi connectivity index (χ4n) is 1.80. The maximum absolute atomic E-state index is 9.79. The quantitative estimate of drug-likeness (QED) is 0.538. The zero-order chi connectivity index (χ0) is 13.1. The lowest BCUT2D eigenvalue weighted by Crippen LogP contribution is -2.38. The number of nitrogen functional groups attached to an aromatic ring is 1. The molecular weight excluding hydrogens is 216 g/mol. The van der Waals surface area contributed by atoms with Gasteiger partial charge in [0.25, 0.3) is 0 Å². The SMILES string of the molecule is CCN(Cc1cc(N)ccc1O)CC(C)(C)O. The smallest absolute Gasteiger partial charge is 0.120 e. The third-order valence-electron chi connectivity index (χ3n) is 2.56. The molecule has 0 atom stereocenters. The van der Waals surface area contributed by atoms with Gasteiger partial charge in [-0.2, -0.15) is 0 Å². The van der Waals surface area contributed by atoms with Gasteiger partial charge in [0.1, 0.15) is 5.75 Å². The van der Waals surface area contributed by atoms with Crippen LogP contribution in [0.15, 0.2) is 18.2 Å². The molecule has 0 saturated heterocycles. The third kappa shape index (κ3) is 4.63. The van der Waals surface area contributed by atoms with E-state index in [-0.39, 0.29) is 5.75 Å². The maximum Gasteiger partial charge on any atom is 0.120 e. The molecule has 1 aromatic rings. The fourth-order valence-corrected chi connectivity index (χ4v) is 1.80. The summed E-state index contributed by atoms with van der Waals surface area (Å²) < 4.78 is 0. The predicted molar refractivity (Wildman–Crippen MR) is 69.8 cm³/mol. The highest BCUT2D eigenvalue weighted by molar-refractivity contribution is 5.47. The molecule has 1 aromatic carbocycles. The Morgan fingerprint density at radius 1 is 1.35 bits per heavy atom. The molecule has 0 aliphatic heterocycles. The van der Waals surface area contributed by atoms with Crippen molar-refractivity contribution in [2.24, 2.45) is 0 Å². The molecule has 0 amide bonds. The molecule has 0 aliphatic rings. The van der Waals surface area contributed by atoms with E-state index in [1.165, 1.54) is 0 Å². The number of aliphatic hydroxyl groups is 1. The first-order valence-corrected chi connectivity index (χ1v) is 5.84. The number of hydrogen-bond acceptors (Lipinski definition) is 4. The molecule has 0 bridgehead atoms. The monoisotopic (exact) mass is 238 g/mol. The number of phenols is 1. The van der Waals surface area contributed by atoms with E-state index in [0.717, 1.165) is 12.1 Å². The first-order chi connectivity index (χ1) is 7.81. The summed E-state index contributed by atoms with van der Waals surface area (Å²) in [6.07, 6.45) is 0. The van der Waals surface area contributed by atoms with Crippen LogP contribution in [0.1, 0.15) is 26.3 Å². The molecule has 0 saturated carbocycles. The van der Waals surface area contributed by atoms with Crippen molar-refractivity contribution in [3.05, 3.63) is 23.8 Å². The standard InChI is InChI=1S/C13H22N2O2/c1-4-15(9-13(2,3)17)8-10-7-11(14)5-6-12(10)16/h5-7,16-17H,4,8-9,14H2,1-3H3. The van der Waals surface area contributed by atoms with E-state index in [2.05, 4.69) is 4.90 Å². The molecule has 4 nitrogen and oxygen atoms in total. The summed E-state index contributed by atoms with van der Waals surface area (Å²) in [4.78, 5) is 2.06. The molecule has 1 rings (SSSR count). The van der Waals surface area contributed by atoms with Crippen LogP contribution in [0.25, 0.3) is 0 Å². The molecule has 4 heteroatoms. The number of likely N-dealkylation sites (N-methyl/N-ethyl adjacent to an activating group) is 1. The van der Waals surface area contributed by atoms with Gasteiger partial charge in [0.2, 0.25) is 0 Å². The van der Waals surface area contributed by atoms with Crippen LogP contribution in [0.3, 0.4) is 0 Å². The summed E-state index contributed by atoms with van der Waals surface area (Å²) in [5, 5.41) is 19.5. The second-order valence-electron chi connectivity index (χ2n) is 5.00. The van der Waals surface area contributed by atoms with Crippen LogP contribution in [0, 0.1) is 0 Å². The van der Waals surface area contributed by atoms with E-state index >= 15 is 0 Å². The topological polar surface area (TPSA) is 69.7 Å². The van der Waals surface area contributed by atoms with Crippen LogP contribution in [-0.2, 0) is 6.54 Å². The minimum absolute atomic E-state index is 0.244. The van der Waals surface area contributed by atoms with Gasteiger partial charge in [-0.15, -0.1) is 0 Å². The summed E-state index contributed by atoms with van der Waals surface area (Å²) >= 11 is 0. The number of phenolic OH excluding ortho intramolecular Hbond substituents is 1. The molecular formula is C13H22N2O2. The van der Waals surface area contributed by atoms with Gasteiger partial charge in [0.05, 0.1) is 5.60 Å². The van der Waals surface area contributed by atoms with E-state index in [1.54, 1.807) is 32.0 Å². The Morgan fingerprint density at radius 2 is 2.00 bits per heavy atom. The number of anilines is 1. The van der Waals surface area contributed by atoms with E-state index in [9.17, 15) is 10.2 Å². The van der Waals surface area contributed by atoms with Crippen molar-refractivity contribution in [3.8, 4) is 5.75 Å². The van der Waals surface area contributed by atoms with Crippen LogP contribution < -0.4 is 5.73 Å². The molecule has 0 unspecified atom stereocenters. The molecule has 0 spiro atoms. The van der Waals surface area contributed by atoms with Crippen molar-refractivity contribution >= 4 is 5.69 Å². The predicted octanol–water partition coefficient (Wildman–Crippen LogP) is 1.57. The molecule has 0 aromatic heterocycles. The van der Waals surface area contributed by atoms with Crippen LogP contribution >= 0.6 is 0 Å². The normalized spacial score (nSPS) is 12.1. The van der Waals surface area contributed by atoms with Gasteiger partial charge >= 0.3 is 0 Å². The number of aromatic hydroxyl groups is 1. The molecule has 0 fully saturated rings. The maximum atomic E-state index is 9.79. The van der Waals surface area contributed by atoms with Crippen molar-refractivity contribution in [2.75, 3.05) is 18.8 Å². The van der Waals surface area contributed by atoms with Gasteiger partial charge in [-0.25, -0.2) is 0 Å². The van der Waals surface area contributed by atoms with Crippen molar-refractivity contribution in [1.82, 2.24) is 4.90 Å². The number of nitrogens with zero attached hydrogens (tertiary/aromatic N) is 1. The van der Waals surface area contributed by atoms with E-state index in [0.29, 0.717) is 18.8 Å². The Morgan fingerprint density at radius 3 is 2.53 bits per heavy atom. The van der Waals surface area contributed by atoms with Gasteiger partial charge in [-0.05, 0) is 38.6 Å².